The molecule has 1 atom stereocenters. The first-order valence-electron chi connectivity index (χ1n) is 6.80. The minimum atomic E-state index is 0. The highest BCUT2D eigenvalue weighted by Gasteiger charge is 2.07. The van der Waals surface area contributed by atoms with Gasteiger partial charge < -0.3 is 10.1 Å². The number of ether oxygens (including phenoxy) is 1. The normalized spacial score (nSPS) is 11.6. The van der Waals surface area contributed by atoms with E-state index in [0.717, 1.165) is 12.2 Å². The molecule has 2 aromatic rings. The number of methoxy groups -OCH3 is 1. The molecule has 0 aliphatic heterocycles. The van der Waals surface area contributed by atoms with E-state index in [1.807, 2.05) is 19.2 Å². The SMILES string of the molecule is CNC(C)Cc1ccccc1Sc1ccc(OC)cc1.Cl. The largest absolute Gasteiger partial charge is 0.497 e. The predicted octanol–water partition coefficient (Wildman–Crippen LogP) is 4.42. The molecule has 0 saturated heterocycles. The maximum absolute atomic E-state index is 5.19. The summed E-state index contributed by atoms with van der Waals surface area (Å²) < 4.78 is 5.19. The van der Waals surface area contributed by atoms with Crippen molar-refractivity contribution in [3.63, 3.8) is 0 Å². The van der Waals surface area contributed by atoms with E-state index >= 15 is 0 Å². The zero-order valence-electron chi connectivity index (χ0n) is 12.6. The van der Waals surface area contributed by atoms with Gasteiger partial charge in [0.15, 0.2) is 0 Å². The van der Waals surface area contributed by atoms with Crippen LogP contribution in [0.1, 0.15) is 12.5 Å². The topological polar surface area (TPSA) is 21.3 Å². The van der Waals surface area contributed by atoms with Crippen molar-refractivity contribution in [2.45, 2.75) is 29.2 Å². The third-order valence-corrected chi connectivity index (χ3v) is 4.40. The zero-order valence-corrected chi connectivity index (χ0v) is 14.3. The van der Waals surface area contributed by atoms with E-state index in [1.165, 1.54) is 15.4 Å². The molecule has 2 aromatic carbocycles. The number of likely N-dealkylation sites (N-methyl/N-ethyl adjacent to an activating group) is 1. The molecule has 1 N–H and O–H groups in total. The molecule has 0 heterocycles. The van der Waals surface area contributed by atoms with Crippen molar-refractivity contribution in [2.75, 3.05) is 14.2 Å². The molecule has 0 radical (unpaired) electrons. The molecule has 0 spiro atoms. The van der Waals surface area contributed by atoms with Crippen molar-refractivity contribution in [1.29, 1.82) is 0 Å². The van der Waals surface area contributed by atoms with Crippen LogP contribution in [0, 0.1) is 0 Å². The highest BCUT2D eigenvalue weighted by atomic mass is 35.5. The van der Waals surface area contributed by atoms with E-state index in [1.54, 1.807) is 18.9 Å². The Morgan fingerprint density at radius 3 is 2.38 bits per heavy atom. The van der Waals surface area contributed by atoms with Gasteiger partial charge in [0.25, 0.3) is 0 Å². The van der Waals surface area contributed by atoms with E-state index in [4.69, 9.17) is 4.74 Å². The molecular weight excluding hydrogens is 302 g/mol. The Hall–Kier alpha value is -1.16. The lowest BCUT2D eigenvalue weighted by Gasteiger charge is -2.14. The van der Waals surface area contributed by atoms with Gasteiger partial charge in [-0.3, -0.25) is 0 Å². The molecule has 0 saturated carbocycles. The molecular formula is C17H22ClNOS. The van der Waals surface area contributed by atoms with Crippen LogP contribution in [0.3, 0.4) is 0 Å². The molecule has 0 amide bonds. The third kappa shape index (κ3) is 5.27. The van der Waals surface area contributed by atoms with E-state index in [-0.39, 0.29) is 12.4 Å². The van der Waals surface area contributed by atoms with Crippen LogP contribution in [-0.4, -0.2) is 20.2 Å². The number of rotatable bonds is 6. The first-order valence-corrected chi connectivity index (χ1v) is 7.61. The van der Waals surface area contributed by atoms with Gasteiger partial charge in [-0.05, 0) is 56.3 Å². The van der Waals surface area contributed by atoms with Crippen molar-refractivity contribution in [3.8, 4) is 5.75 Å². The van der Waals surface area contributed by atoms with Crippen LogP contribution < -0.4 is 10.1 Å². The van der Waals surface area contributed by atoms with E-state index in [0.29, 0.717) is 6.04 Å². The second-order valence-corrected chi connectivity index (χ2v) is 5.89. The van der Waals surface area contributed by atoms with Crippen LogP contribution in [0.5, 0.6) is 5.75 Å². The molecule has 4 heteroatoms. The fourth-order valence-corrected chi connectivity index (χ4v) is 2.93. The maximum atomic E-state index is 5.19. The van der Waals surface area contributed by atoms with E-state index < -0.39 is 0 Å². The van der Waals surface area contributed by atoms with Crippen LogP contribution in [0.25, 0.3) is 0 Å². The van der Waals surface area contributed by atoms with Crippen LogP contribution in [0.2, 0.25) is 0 Å². The van der Waals surface area contributed by atoms with Gasteiger partial charge in [-0.25, -0.2) is 0 Å². The van der Waals surface area contributed by atoms with Crippen molar-refractivity contribution in [2.24, 2.45) is 0 Å². The van der Waals surface area contributed by atoms with Gasteiger partial charge in [-0.2, -0.15) is 0 Å². The van der Waals surface area contributed by atoms with Gasteiger partial charge in [0.05, 0.1) is 7.11 Å². The van der Waals surface area contributed by atoms with Gasteiger partial charge in [0.1, 0.15) is 5.75 Å². The van der Waals surface area contributed by atoms with Crippen molar-refractivity contribution in [3.05, 3.63) is 54.1 Å². The Bertz CT molecular complexity index is 545. The first kappa shape index (κ1) is 17.9. The lowest BCUT2D eigenvalue weighted by molar-refractivity contribution is 0.414. The minimum Gasteiger partial charge on any atom is -0.497 e. The Balaban J connectivity index is 0.00000220. The van der Waals surface area contributed by atoms with Crippen molar-refractivity contribution >= 4 is 24.2 Å². The zero-order chi connectivity index (χ0) is 14.4. The second-order valence-electron chi connectivity index (χ2n) is 4.78. The summed E-state index contributed by atoms with van der Waals surface area (Å²) in [5, 5.41) is 3.29. The molecule has 2 nitrogen and oxygen atoms in total. The highest BCUT2D eigenvalue weighted by molar-refractivity contribution is 7.99. The standard InChI is InChI=1S/C17H21NOS.ClH/c1-13(18-2)12-14-6-4-5-7-17(14)20-16-10-8-15(19-3)9-11-16;/h4-11,13,18H,12H2,1-3H3;1H. The van der Waals surface area contributed by atoms with Crippen LogP contribution >= 0.6 is 24.2 Å². The summed E-state index contributed by atoms with van der Waals surface area (Å²) in [6.07, 6.45) is 1.04. The molecule has 114 valence electrons. The Morgan fingerprint density at radius 2 is 1.76 bits per heavy atom. The predicted molar refractivity (Wildman–Crippen MR) is 93.0 cm³/mol. The van der Waals surface area contributed by atoms with Crippen molar-refractivity contribution in [1.82, 2.24) is 5.32 Å². The maximum Gasteiger partial charge on any atom is 0.118 e. The van der Waals surface area contributed by atoms with E-state index in [2.05, 4.69) is 48.6 Å². The van der Waals surface area contributed by atoms with Gasteiger partial charge >= 0.3 is 0 Å². The monoisotopic (exact) mass is 323 g/mol. The lowest BCUT2D eigenvalue weighted by atomic mass is 10.1. The van der Waals surface area contributed by atoms with Gasteiger partial charge in [0.2, 0.25) is 0 Å². The number of benzene rings is 2. The summed E-state index contributed by atoms with van der Waals surface area (Å²) in [5.41, 5.74) is 1.38. The Morgan fingerprint density at radius 1 is 1.10 bits per heavy atom. The van der Waals surface area contributed by atoms with Crippen LogP contribution in [-0.2, 0) is 6.42 Å². The number of nitrogens with one attached hydrogen (secondary N) is 1. The quantitative estimate of drug-likeness (QED) is 0.850. The summed E-state index contributed by atoms with van der Waals surface area (Å²) in [7, 11) is 3.69. The van der Waals surface area contributed by atoms with Crippen LogP contribution in [0.15, 0.2) is 58.3 Å². The average Bonchev–Trinajstić information content (AvgIpc) is 2.50. The van der Waals surface area contributed by atoms with Crippen molar-refractivity contribution < 1.29 is 4.74 Å². The molecule has 0 aliphatic carbocycles. The molecule has 2 rings (SSSR count). The second kappa shape index (κ2) is 8.98. The molecule has 0 fully saturated rings. The Kier molecular flexibility index (Phi) is 7.65. The van der Waals surface area contributed by atoms with E-state index in [9.17, 15) is 0 Å². The first-order chi connectivity index (χ1) is 9.72. The number of halogens is 1. The summed E-state index contributed by atoms with van der Waals surface area (Å²) in [6.45, 7) is 2.20. The summed E-state index contributed by atoms with van der Waals surface area (Å²) >= 11 is 1.80. The molecule has 0 aromatic heterocycles. The number of hydrogen-bond donors (Lipinski definition) is 1. The smallest absolute Gasteiger partial charge is 0.118 e. The molecule has 21 heavy (non-hydrogen) atoms. The molecule has 0 aliphatic rings. The van der Waals surface area contributed by atoms with Gasteiger partial charge in [-0.15, -0.1) is 12.4 Å². The summed E-state index contributed by atoms with van der Waals surface area (Å²) in [4.78, 5) is 2.55. The third-order valence-electron chi connectivity index (χ3n) is 3.28. The average molecular weight is 324 g/mol. The van der Waals surface area contributed by atoms with Gasteiger partial charge in [-0.1, -0.05) is 30.0 Å². The number of hydrogen-bond acceptors (Lipinski definition) is 3. The summed E-state index contributed by atoms with van der Waals surface area (Å²) in [5.74, 6) is 0.895. The fraction of sp³-hybridized carbons (Fsp3) is 0.294. The Labute approximate surface area is 137 Å². The molecule has 0 bridgehead atoms. The van der Waals surface area contributed by atoms with Gasteiger partial charge in [0, 0.05) is 15.8 Å². The highest BCUT2D eigenvalue weighted by Crippen LogP contribution is 2.31. The minimum absolute atomic E-state index is 0. The lowest BCUT2D eigenvalue weighted by Crippen LogP contribution is -2.23. The fourth-order valence-electron chi connectivity index (χ4n) is 1.97. The van der Waals surface area contributed by atoms with Crippen LogP contribution in [0.4, 0.5) is 0 Å². The molecule has 1 unspecified atom stereocenters. The summed E-state index contributed by atoms with van der Waals surface area (Å²) in [6, 6.07) is 17.3.